The Morgan fingerprint density at radius 3 is 2.62 bits per heavy atom. The van der Waals surface area contributed by atoms with E-state index < -0.39 is 0 Å². The number of aliphatic imine (C=N–C) groups is 1. The quantitative estimate of drug-likeness (QED) is 0.625. The van der Waals surface area contributed by atoms with E-state index in [2.05, 4.69) is 18.8 Å². The van der Waals surface area contributed by atoms with Gasteiger partial charge in [0.25, 0.3) is 0 Å². The van der Waals surface area contributed by atoms with Gasteiger partial charge in [-0.05, 0) is 26.0 Å². The molecule has 1 rings (SSSR count). The van der Waals surface area contributed by atoms with Gasteiger partial charge in [-0.1, -0.05) is 6.07 Å². The summed E-state index contributed by atoms with van der Waals surface area (Å²) in [4.78, 5) is 6.35. The summed E-state index contributed by atoms with van der Waals surface area (Å²) >= 11 is 0. The highest BCUT2D eigenvalue weighted by Crippen LogP contribution is 2.19. The van der Waals surface area contributed by atoms with Crippen molar-refractivity contribution in [2.75, 3.05) is 20.2 Å². The molecule has 2 N–H and O–H groups in total. The van der Waals surface area contributed by atoms with Crippen molar-refractivity contribution in [3.8, 4) is 5.75 Å². The molecule has 0 aliphatic rings. The number of nitrogens with zero attached hydrogens (tertiary/aromatic N) is 2. The highest BCUT2D eigenvalue weighted by atomic mass is 16.5. The topological polar surface area (TPSA) is 50.8 Å². The highest BCUT2D eigenvalue weighted by molar-refractivity contribution is 5.81. The van der Waals surface area contributed by atoms with Crippen molar-refractivity contribution < 1.29 is 4.74 Å². The van der Waals surface area contributed by atoms with Gasteiger partial charge in [-0.25, -0.2) is 4.99 Å². The van der Waals surface area contributed by atoms with E-state index in [1.807, 2.05) is 29.2 Å². The number of ether oxygens (including phenoxy) is 1. The lowest BCUT2D eigenvalue weighted by atomic mass is 10.3. The van der Waals surface area contributed by atoms with Crippen molar-refractivity contribution in [2.24, 2.45) is 10.7 Å². The van der Waals surface area contributed by atoms with Gasteiger partial charge in [0.05, 0.1) is 12.8 Å². The molecule has 0 unspecified atom stereocenters. The van der Waals surface area contributed by atoms with Crippen molar-refractivity contribution >= 4 is 11.6 Å². The summed E-state index contributed by atoms with van der Waals surface area (Å²) < 4.78 is 5.13. The van der Waals surface area contributed by atoms with Crippen LogP contribution in [0.15, 0.2) is 29.3 Å². The molecule has 0 aliphatic carbocycles. The zero-order chi connectivity index (χ0) is 12.0. The Hall–Kier alpha value is -1.71. The molecule has 0 saturated carbocycles. The largest absolute Gasteiger partial charge is 0.497 e. The van der Waals surface area contributed by atoms with E-state index in [9.17, 15) is 0 Å². The Labute approximate surface area is 96.7 Å². The minimum atomic E-state index is 0.540. The molecule has 1 aromatic rings. The molecule has 0 aliphatic heterocycles. The van der Waals surface area contributed by atoms with Crippen LogP contribution in [-0.2, 0) is 0 Å². The van der Waals surface area contributed by atoms with Gasteiger partial charge in [0, 0.05) is 19.2 Å². The third-order valence-electron chi connectivity index (χ3n) is 2.38. The summed E-state index contributed by atoms with van der Waals surface area (Å²) in [7, 11) is 1.64. The van der Waals surface area contributed by atoms with Gasteiger partial charge in [-0.15, -0.1) is 0 Å². The lowest BCUT2D eigenvalue weighted by Crippen LogP contribution is -2.36. The number of guanidine groups is 1. The van der Waals surface area contributed by atoms with Crippen molar-refractivity contribution in [2.45, 2.75) is 13.8 Å². The SMILES string of the molecule is CCN(CC)C(N)=Nc1cccc(OC)c1. The van der Waals surface area contributed by atoms with Gasteiger partial charge in [0.15, 0.2) is 5.96 Å². The van der Waals surface area contributed by atoms with Gasteiger partial charge in [-0.3, -0.25) is 0 Å². The van der Waals surface area contributed by atoms with Crippen molar-refractivity contribution in [1.82, 2.24) is 4.90 Å². The molecule has 4 heteroatoms. The van der Waals surface area contributed by atoms with Gasteiger partial charge in [0.2, 0.25) is 0 Å². The minimum Gasteiger partial charge on any atom is -0.497 e. The van der Waals surface area contributed by atoms with Crippen molar-refractivity contribution in [1.29, 1.82) is 0 Å². The molecule has 0 amide bonds. The molecule has 0 fully saturated rings. The van der Waals surface area contributed by atoms with E-state index in [-0.39, 0.29) is 0 Å². The molecule has 88 valence electrons. The number of hydrogen-bond donors (Lipinski definition) is 1. The van der Waals surface area contributed by atoms with Crippen LogP contribution in [0, 0.1) is 0 Å². The van der Waals surface area contributed by atoms with E-state index in [4.69, 9.17) is 10.5 Å². The Bertz CT molecular complexity index is 359. The maximum Gasteiger partial charge on any atom is 0.196 e. The fraction of sp³-hybridized carbons (Fsp3) is 0.417. The highest BCUT2D eigenvalue weighted by Gasteiger charge is 2.02. The second-order valence-corrected chi connectivity index (χ2v) is 3.34. The zero-order valence-corrected chi connectivity index (χ0v) is 10.1. The molecule has 0 heterocycles. The summed E-state index contributed by atoms with van der Waals surface area (Å²) in [6.07, 6.45) is 0. The van der Waals surface area contributed by atoms with E-state index in [1.165, 1.54) is 0 Å². The molecule has 0 saturated heterocycles. The fourth-order valence-corrected chi connectivity index (χ4v) is 1.43. The number of nitrogens with two attached hydrogens (primary N) is 1. The summed E-state index contributed by atoms with van der Waals surface area (Å²) in [6, 6.07) is 7.54. The van der Waals surface area contributed by atoms with Crippen LogP contribution in [0.1, 0.15) is 13.8 Å². The van der Waals surface area contributed by atoms with Gasteiger partial charge < -0.3 is 15.4 Å². The number of hydrogen-bond acceptors (Lipinski definition) is 2. The number of benzene rings is 1. The Kier molecular flexibility index (Phi) is 4.64. The number of rotatable bonds is 4. The first-order valence-electron chi connectivity index (χ1n) is 5.44. The van der Waals surface area contributed by atoms with Gasteiger partial charge in [0.1, 0.15) is 5.75 Å². The molecule has 16 heavy (non-hydrogen) atoms. The van der Waals surface area contributed by atoms with Gasteiger partial charge >= 0.3 is 0 Å². The predicted molar refractivity (Wildman–Crippen MR) is 67.2 cm³/mol. The standard InChI is InChI=1S/C12H19N3O/c1-4-15(5-2)12(13)14-10-7-6-8-11(9-10)16-3/h6-9H,4-5H2,1-3H3,(H2,13,14). The Balaban J connectivity index is 2.88. The predicted octanol–water partition coefficient (Wildman–Crippen LogP) is 1.98. The lowest BCUT2D eigenvalue weighted by Gasteiger charge is -2.19. The molecule has 0 radical (unpaired) electrons. The average Bonchev–Trinajstić information content (AvgIpc) is 2.31. The first kappa shape index (κ1) is 12.4. The zero-order valence-electron chi connectivity index (χ0n) is 10.1. The third kappa shape index (κ3) is 3.15. The second-order valence-electron chi connectivity index (χ2n) is 3.34. The van der Waals surface area contributed by atoms with Crippen LogP contribution in [0.5, 0.6) is 5.75 Å². The van der Waals surface area contributed by atoms with E-state index >= 15 is 0 Å². The normalized spacial score (nSPS) is 11.3. The maximum absolute atomic E-state index is 5.90. The average molecular weight is 221 g/mol. The summed E-state index contributed by atoms with van der Waals surface area (Å²) in [5.74, 6) is 1.33. The monoisotopic (exact) mass is 221 g/mol. The molecule has 0 atom stereocenters. The van der Waals surface area contributed by atoms with Crippen molar-refractivity contribution in [3.05, 3.63) is 24.3 Å². The molecule has 0 bridgehead atoms. The van der Waals surface area contributed by atoms with Crippen LogP contribution in [0.3, 0.4) is 0 Å². The molecule has 0 spiro atoms. The summed E-state index contributed by atoms with van der Waals surface area (Å²) in [6.45, 7) is 5.82. The lowest BCUT2D eigenvalue weighted by molar-refractivity contribution is 0.415. The number of methoxy groups -OCH3 is 1. The van der Waals surface area contributed by atoms with Crippen LogP contribution in [0.25, 0.3) is 0 Å². The summed E-state index contributed by atoms with van der Waals surface area (Å²) in [5.41, 5.74) is 6.71. The van der Waals surface area contributed by atoms with Crippen LogP contribution in [0.4, 0.5) is 5.69 Å². The van der Waals surface area contributed by atoms with Crippen LogP contribution >= 0.6 is 0 Å². The molecule has 4 nitrogen and oxygen atoms in total. The maximum atomic E-state index is 5.90. The first-order chi connectivity index (χ1) is 7.71. The van der Waals surface area contributed by atoms with E-state index in [1.54, 1.807) is 7.11 Å². The van der Waals surface area contributed by atoms with Gasteiger partial charge in [-0.2, -0.15) is 0 Å². The molecular weight excluding hydrogens is 202 g/mol. The van der Waals surface area contributed by atoms with Crippen LogP contribution in [-0.4, -0.2) is 31.1 Å². The third-order valence-corrected chi connectivity index (χ3v) is 2.38. The van der Waals surface area contributed by atoms with E-state index in [0.29, 0.717) is 5.96 Å². The first-order valence-corrected chi connectivity index (χ1v) is 5.44. The summed E-state index contributed by atoms with van der Waals surface area (Å²) in [5, 5.41) is 0. The van der Waals surface area contributed by atoms with Crippen LogP contribution in [0.2, 0.25) is 0 Å². The smallest absolute Gasteiger partial charge is 0.196 e. The molecule has 0 aromatic heterocycles. The fourth-order valence-electron chi connectivity index (χ4n) is 1.43. The second kappa shape index (κ2) is 6.00. The van der Waals surface area contributed by atoms with E-state index in [0.717, 1.165) is 24.5 Å². The molecule has 1 aromatic carbocycles. The Morgan fingerprint density at radius 2 is 2.06 bits per heavy atom. The minimum absolute atomic E-state index is 0.540. The molecular formula is C12H19N3O. The van der Waals surface area contributed by atoms with Crippen LogP contribution < -0.4 is 10.5 Å². The van der Waals surface area contributed by atoms with Crippen molar-refractivity contribution in [3.63, 3.8) is 0 Å². The Morgan fingerprint density at radius 1 is 1.38 bits per heavy atom.